The number of carbonyl (C=O) groups is 1. The number of aldehydes is 1. The van der Waals surface area contributed by atoms with E-state index in [-0.39, 0.29) is 11.6 Å². The van der Waals surface area contributed by atoms with E-state index in [9.17, 15) is 13.2 Å². The first kappa shape index (κ1) is 23.5. The molecule has 2 rings (SSSR count). The van der Waals surface area contributed by atoms with Gasteiger partial charge in [-0.15, -0.1) is 0 Å². The van der Waals surface area contributed by atoms with E-state index in [1.807, 2.05) is 36.4 Å². The predicted octanol–water partition coefficient (Wildman–Crippen LogP) is 2.89. The SMILES string of the molecule is CC(C)(C)[Si](OC(C=O)CCCOS(C)(=O)=O)(c1ccccc1)c1ccccc1. The number of rotatable bonds is 10. The zero-order valence-corrected chi connectivity index (χ0v) is 19.3. The monoisotopic (exact) mass is 434 g/mol. The highest BCUT2D eigenvalue weighted by molar-refractivity contribution is 7.85. The van der Waals surface area contributed by atoms with E-state index in [1.54, 1.807) is 0 Å². The summed E-state index contributed by atoms with van der Waals surface area (Å²) in [5.74, 6) is 0. The highest BCUT2D eigenvalue weighted by Gasteiger charge is 2.51. The standard InChI is InChI=1S/C22H30O5SSi/c1-22(2,3)29(20-13-7-5-8-14-20,21-15-9-6-10-16-21)27-19(18-23)12-11-17-26-28(4,24)25/h5-10,13-16,18-19H,11-12,17H2,1-4H3. The van der Waals surface area contributed by atoms with Gasteiger partial charge in [0.25, 0.3) is 18.4 Å². The van der Waals surface area contributed by atoms with E-state index in [0.29, 0.717) is 12.8 Å². The van der Waals surface area contributed by atoms with Crippen LogP contribution in [-0.2, 0) is 23.5 Å². The van der Waals surface area contributed by atoms with Gasteiger partial charge >= 0.3 is 0 Å². The largest absolute Gasteiger partial charge is 0.398 e. The van der Waals surface area contributed by atoms with Gasteiger partial charge in [0.15, 0.2) is 0 Å². The molecule has 0 N–H and O–H groups in total. The fourth-order valence-electron chi connectivity index (χ4n) is 3.57. The molecule has 0 saturated carbocycles. The molecule has 2 aromatic rings. The summed E-state index contributed by atoms with van der Waals surface area (Å²) in [6, 6.07) is 20.2. The van der Waals surface area contributed by atoms with Crippen LogP contribution < -0.4 is 10.4 Å². The second-order valence-electron chi connectivity index (χ2n) is 8.12. The Morgan fingerprint density at radius 1 is 0.966 bits per heavy atom. The molecule has 0 amide bonds. The number of benzene rings is 2. The smallest absolute Gasteiger partial charge is 0.264 e. The summed E-state index contributed by atoms with van der Waals surface area (Å²) in [7, 11) is -6.31. The van der Waals surface area contributed by atoms with Crippen molar-refractivity contribution in [2.24, 2.45) is 0 Å². The molecule has 1 unspecified atom stereocenters. The Morgan fingerprint density at radius 3 is 1.83 bits per heavy atom. The second kappa shape index (κ2) is 9.80. The van der Waals surface area contributed by atoms with Gasteiger partial charge in [-0.3, -0.25) is 4.18 Å². The van der Waals surface area contributed by atoms with Gasteiger partial charge in [-0.25, -0.2) is 0 Å². The molecular weight excluding hydrogens is 404 g/mol. The van der Waals surface area contributed by atoms with E-state index >= 15 is 0 Å². The van der Waals surface area contributed by atoms with Gasteiger partial charge in [-0.05, 0) is 28.3 Å². The molecule has 0 fully saturated rings. The summed E-state index contributed by atoms with van der Waals surface area (Å²) in [6.07, 6.45) is 1.99. The van der Waals surface area contributed by atoms with Crippen LogP contribution in [-0.4, -0.2) is 42.0 Å². The van der Waals surface area contributed by atoms with Crippen LogP contribution in [0.5, 0.6) is 0 Å². The molecule has 1 atom stereocenters. The van der Waals surface area contributed by atoms with Gasteiger partial charge in [0.1, 0.15) is 12.4 Å². The molecule has 158 valence electrons. The average Bonchev–Trinajstić information content (AvgIpc) is 2.67. The maximum absolute atomic E-state index is 11.9. The molecular formula is C22H30O5SSi. The van der Waals surface area contributed by atoms with Gasteiger partial charge in [0.05, 0.1) is 12.9 Å². The van der Waals surface area contributed by atoms with E-state index in [2.05, 4.69) is 45.0 Å². The van der Waals surface area contributed by atoms with Crippen molar-refractivity contribution in [2.75, 3.05) is 12.9 Å². The van der Waals surface area contributed by atoms with Gasteiger partial charge in [0, 0.05) is 0 Å². The molecule has 0 aliphatic rings. The van der Waals surface area contributed by atoms with E-state index in [0.717, 1.165) is 22.9 Å². The third kappa shape index (κ3) is 6.09. The van der Waals surface area contributed by atoms with Gasteiger partial charge in [-0.2, -0.15) is 8.42 Å². The second-order valence-corrected chi connectivity index (χ2v) is 14.0. The van der Waals surface area contributed by atoms with E-state index in [4.69, 9.17) is 8.61 Å². The predicted molar refractivity (Wildman–Crippen MR) is 119 cm³/mol. The maximum atomic E-state index is 11.9. The third-order valence-corrected chi connectivity index (χ3v) is 10.5. The number of hydrogen-bond donors (Lipinski definition) is 0. The summed E-state index contributed by atoms with van der Waals surface area (Å²) in [4.78, 5) is 11.9. The lowest BCUT2D eigenvalue weighted by Gasteiger charge is -2.44. The van der Waals surface area contributed by atoms with Gasteiger partial charge in [0.2, 0.25) is 0 Å². The Bertz CT molecular complexity index is 837. The number of hydrogen-bond acceptors (Lipinski definition) is 5. The van der Waals surface area contributed by atoms with Crippen LogP contribution in [0.2, 0.25) is 5.04 Å². The van der Waals surface area contributed by atoms with Crippen molar-refractivity contribution in [2.45, 2.75) is 44.8 Å². The highest BCUT2D eigenvalue weighted by Crippen LogP contribution is 2.37. The summed E-state index contributed by atoms with van der Waals surface area (Å²) in [5.41, 5.74) is 0. The van der Waals surface area contributed by atoms with Crippen LogP contribution in [0.25, 0.3) is 0 Å². The fourth-order valence-corrected chi connectivity index (χ4v) is 8.63. The average molecular weight is 435 g/mol. The molecule has 5 nitrogen and oxygen atoms in total. The van der Waals surface area contributed by atoms with Crippen LogP contribution >= 0.6 is 0 Å². The van der Waals surface area contributed by atoms with Crippen molar-refractivity contribution in [3.63, 3.8) is 0 Å². The quantitative estimate of drug-likeness (QED) is 0.249. The zero-order valence-electron chi connectivity index (χ0n) is 17.5. The van der Waals surface area contributed by atoms with E-state index < -0.39 is 24.5 Å². The van der Waals surface area contributed by atoms with Crippen LogP contribution in [0.3, 0.4) is 0 Å². The number of carbonyl (C=O) groups excluding carboxylic acids is 1. The van der Waals surface area contributed by atoms with Crippen LogP contribution in [0, 0.1) is 0 Å². The van der Waals surface area contributed by atoms with Crippen molar-refractivity contribution in [1.82, 2.24) is 0 Å². The fraction of sp³-hybridized carbons (Fsp3) is 0.409. The molecule has 7 heteroatoms. The van der Waals surface area contributed by atoms with Crippen molar-refractivity contribution in [1.29, 1.82) is 0 Å². The Labute approximate surface area is 175 Å². The summed E-state index contributed by atoms with van der Waals surface area (Å²) in [6.45, 7) is 6.48. The van der Waals surface area contributed by atoms with Gasteiger partial charge in [-0.1, -0.05) is 81.4 Å². The molecule has 0 bridgehead atoms. The van der Waals surface area contributed by atoms with Crippen molar-refractivity contribution < 1.29 is 21.8 Å². The Hall–Kier alpha value is -1.80. The van der Waals surface area contributed by atoms with E-state index in [1.165, 1.54) is 0 Å². The third-order valence-electron chi connectivity index (χ3n) is 4.83. The molecule has 0 radical (unpaired) electrons. The Balaban J connectivity index is 2.40. The molecule has 0 aromatic heterocycles. The van der Waals surface area contributed by atoms with Crippen LogP contribution in [0.1, 0.15) is 33.6 Å². The normalized spacial score (nSPS) is 13.8. The van der Waals surface area contributed by atoms with Crippen LogP contribution in [0.15, 0.2) is 60.7 Å². The van der Waals surface area contributed by atoms with Gasteiger partial charge < -0.3 is 9.22 Å². The molecule has 0 heterocycles. The topological polar surface area (TPSA) is 69.7 Å². The van der Waals surface area contributed by atoms with Crippen molar-refractivity contribution >= 4 is 35.1 Å². The molecule has 0 saturated heterocycles. The lowest BCUT2D eigenvalue weighted by atomic mass is 10.2. The molecule has 0 aliphatic carbocycles. The first-order valence-electron chi connectivity index (χ1n) is 9.69. The maximum Gasteiger partial charge on any atom is 0.264 e. The lowest BCUT2D eigenvalue weighted by molar-refractivity contribution is -0.114. The highest BCUT2D eigenvalue weighted by atomic mass is 32.2. The zero-order chi connectivity index (χ0) is 21.5. The minimum Gasteiger partial charge on any atom is -0.398 e. The first-order valence-corrected chi connectivity index (χ1v) is 13.4. The first-order chi connectivity index (χ1) is 13.6. The molecule has 0 spiro atoms. The molecule has 0 aliphatic heterocycles. The minimum atomic E-state index is -3.49. The summed E-state index contributed by atoms with van der Waals surface area (Å²) in [5, 5.41) is 1.95. The summed E-state index contributed by atoms with van der Waals surface area (Å²) < 4.78 is 33.8. The minimum absolute atomic E-state index is 0.0350. The van der Waals surface area contributed by atoms with Crippen molar-refractivity contribution in [3.05, 3.63) is 60.7 Å². The summed E-state index contributed by atoms with van der Waals surface area (Å²) >= 11 is 0. The molecule has 29 heavy (non-hydrogen) atoms. The van der Waals surface area contributed by atoms with Crippen molar-refractivity contribution in [3.8, 4) is 0 Å². The Kier molecular flexibility index (Phi) is 7.93. The Morgan fingerprint density at radius 2 is 1.45 bits per heavy atom. The van der Waals surface area contributed by atoms with Crippen LogP contribution in [0.4, 0.5) is 0 Å². The lowest BCUT2D eigenvalue weighted by Crippen LogP contribution is -2.67. The molecule has 2 aromatic carbocycles.